The van der Waals surface area contributed by atoms with Gasteiger partial charge in [0.15, 0.2) is 21.4 Å². The minimum atomic E-state index is -4.02. The van der Waals surface area contributed by atoms with Gasteiger partial charge in [0.1, 0.15) is 10.6 Å². The maximum absolute atomic E-state index is 14.9. The molecular weight excluding hydrogens is 394 g/mol. The molecule has 0 unspecified atom stereocenters. The van der Waals surface area contributed by atoms with Gasteiger partial charge in [-0.15, -0.1) is 0 Å². The Labute approximate surface area is 162 Å². The van der Waals surface area contributed by atoms with Gasteiger partial charge < -0.3 is 4.74 Å². The van der Waals surface area contributed by atoms with E-state index in [2.05, 4.69) is 0 Å². The molecule has 0 N–H and O–H groups in total. The summed E-state index contributed by atoms with van der Waals surface area (Å²) in [6, 6.07) is 7.79. The zero-order valence-electron chi connectivity index (χ0n) is 14.7. The SMILES string of the molecule is C[C@H]1CC[C@@]2(S(=O)(=O)c3ccc(Cl)cc3)c3c(F)ccc(F)c3OC[C@H]2C1. The molecule has 1 heterocycles. The standard InChI is InChI=1S/C20H19ClF2O3S/c1-12-8-9-20(27(24,25)15-4-2-14(21)3-5-15)13(10-12)11-26-19-17(23)7-6-16(22)18(19)20/h2-7,12-13H,8-11H2,1H3/t12-,13+,20-/m0/s1. The third-order valence-corrected chi connectivity index (χ3v) is 8.71. The Morgan fingerprint density at radius 1 is 1.11 bits per heavy atom. The minimum Gasteiger partial charge on any atom is -0.490 e. The number of fused-ring (bicyclic) bond motifs is 3. The van der Waals surface area contributed by atoms with E-state index in [-0.39, 0.29) is 35.2 Å². The number of rotatable bonds is 2. The summed E-state index contributed by atoms with van der Waals surface area (Å²) in [5, 5.41) is 0.407. The Hall–Kier alpha value is -1.66. The number of halogens is 3. The first-order valence-corrected chi connectivity index (χ1v) is 10.7. The first-order valence-electron chi connectivity index (χ1n) is 8.89. The Morgan fingerprint density at radius 3 is 2.48 bits per heavy atom. The molecule has 2 aromatic carbocycles. The second kappa shape index (κ2) is 6.45. The van der Waals surface area contributed by atoms with Gasteiger partial charge in [0.05, 0.1) is 17.1 Å². The van der Waals surface area contributed by atoms with Gasteiger partial charge in [-0.05, 0) is 61.6 Å². The number of hydrogen-bond donors (Lipinski definition) is 0. The van der Waals surface area contributed by atoms with E-state index in [4.69, 9.17) is 16.3 Å². The molecule has 4 rings (SSSR count). The molecule has 0 bridgehead atoms. The number of benzene rings is 2. The van der Waals surface area contributed by atoms with Gasteiger partial charge in [0, 0.05) is 10.9 Å². The second-order valence-electron chi connectivity index (χ2n) is 7.47. The summed E-state index contributed by atoms with van der Waals surface area (Å²) in [5.41, 5.74) is -0.166. The summed E-state index contributed by atoms with van der Waals surface area (Å²) < 4.78 is 60.9. The molecule has 1 aliphatic carbocycles. The lowest BCUT2D eigenvalue weighted by Gasteiger charge is -2.48. The van der Waals surface area contributed by atoms with Crippen molar-refractivity contribution in [2.24, 2.45) is 11.8 Å². The highest BCUT2D eigenvalue weighted by molar-refractivity contribution is 7.92. The summed E-state index contributed by atoms with van der Waals surface area (Å²) in [4.78, 5) is 0.0583. The number of hydrogen-bond acceptors (Lipinski definition) is 3. The van der Waals surface area contributed by atoms with Crippen LogP contribution in [0.2, 0.25) is 5.02 Å². The lowest BCUT2D eigenvalue weighted by atomic mass is 9.70. The Balaban J connectivity index is 2.02. The van der Waals surface area contributed by atoms with E-state index in [1.54, 1.807) is 0 Å². The Kier molecular flexibility index (Phi) is 4.47. The van der Waals surface area contributed by atoms with E-state index < -0.39 is 32.1 Å². The third-order valence-electron chi connectivity index (χ3n) is 5.87. The zero-order chi connectivity index (χ0) is 19.4. The second-order valence-corrected chi connectivity index (χ2v) is 10.1. The molecule has 1 saturated carbocycles. The smallest absolute Gasteiger partial charge is 0.188 e. The van der Waals surface area contributed by atoms with Crippen molar-refractivity contribution in [2.75, 3.05) is 6.61 Å². The van der Waals surface area contributed by atoms with Crippen LogP contribution in [0.15, 0.2) is 41.3 Å². The third kappa shape index (κ3) is 2.68. The van der Waals surface area contributed by atoms with E-state index >= 15 is 0 Å². The van der Waals surface area contributed by atoms with Crippen LogP contribution < -0.4 is 4.74 Å². The van der Waals surface area contributed by atoms with Gasteiger partial charge in [0.25, 0.3) is 0 Å². The molecule has 2 aromatic rings. The van der Waals surface area contributed by atoms with Crippen molar-refractivity contribution in [3.8, 4) is 5.75 Å². The van der Waals surface area contributed by atoms with Crippen molar-refractivity contribution >= 4 is 21.4 Å². The fourth-order valence-corrected chi connectivity index (χ4v) is 7.04. The zero-order valence-corrected chi connectivity index (χ0v) is 16.3. The van der Waals surface area contributed by atoms with Crippen LogP contribution in [-0.2, 0) is 14.6 Å². The van der Waals surface area contributed by atoms with Crippen LogP contribution in [0.5, 0.6) is 5.75 Å². The molecule has 1 fully saturated rings. The predicted octanol–water partition coefficient (Wildman–Crippen LogP) is 5.12. The molecule has 0 spiro atoms. The van der Waals surface area contributed by atoms with Crippen LogP contribution in [0.3, 0.4) is 0 Å². The highest BCUT2D eigenvalue weighted by Gasteiger charge is 2.59. The highest BCUT2D eigenvalue weighted by atomic mass is 35.5. The Bertz CT molecular complexity index is 991. The topological polar surface area (TPSA) is 43.4 Å². The molecule has 27 heavy (non-hydrogen) atoms. The van der Waals surface area contributed by atoms with Crippen molar-refractivity contribution in [2.45, 2.75) is 35.8 Å². The molecule has 0 amide bonds. The first kappa shape index (κ1) is 18.7. The number of ether oxygens (including phenoxy) is 1. The lowest BCUT2D eigenvalue weighted by molar-refractivity contribution is 0.103. The Morgan fingerprint density at radius 2 is 1.78 bits per heavy atom. The first-order chi connectivity index (χ1) is 12.8. The predicted molar refractivity (Wildman–Crippen MR) is 98.7 cm³/mol. The monoisotopic (exact) mass is 412 g/mol. The van der Waals surface area contributed by atoms with E-state index in [9.17, 15) is 17.2 Å². The molecule has 144 valence electrons. The fourth-order valence-electron chi connectivity index (χ4n) is 4.56. The van der Waals surface area contributed by atoms with Gasteiger partial charge in [-0.3, -0.25) is 0 Å². The van der Waals surface area contributed by atoms with Crippen molar-refractivity contribution in [3.63, 3.8) is 0 Å². The number of sulfone groups is 1. The average Bonchev–Trinajstić information content (AvgIpc) is 2.64. The maximum Gasteiger partial charge on any atom is 0.188 e. The molecule has 0 radical (unpaired) electrons. The summed E-state index contributed by atoms with van der Waals surface area (Å²) >= 11 is 5.91. The molecule has 7 heteroatoms. The lowest BCUT2D eigenvalue weighted by Crippen LogP contribution is -2.52. The summed E-state index contributed by atoms with van der Waals surface area (Å²) in [7, 11) is -4.02. The normalized spacial score (nSPS) is 27.4. The van der Waals surface area contributed by atoms with Crippen molar-refractivity contribution in [3.05, 3.63) is 58.6 Å². The molecule has 3 nitrogen and oxygen atoms in total. The summed E-state index contributed by atoms with van der Waals surface area (Å²) in [5.74, 6) is -1.94. The van der Waals surface area contributed by atoms with Crippen molar-refractivity contribution in [1.29, 1.82) is 0 Å². The largest absolute Gasteiger partial charge is 0.490 e. The van der Waals surface area contributed by atoms with E-state index in [1.807, 2.05) is 6.92 Å². The highest BCUT2D eigenvalue weighted by Crippen LogP contribution is 2.57. The molecule has 0 aromatic heterocycles. The average molecular weight is 413 g/mol. The van der Waals surface area contributed by atoms with Gasteiger partial charge >= 0.3 is 0 Å². The maximum atomic E-state index is 14.9. The summed E-state index contributed by atoms with van der Waals surface area (Å²) in [6.45, 7) is 2.08. The fraction of sp³-hybridized carbons (Fsp3) is 0.400. The van der Waals surface area contributed by atoms with Crippen molar-refractivity contribution in [1.82, 2.24) is 0 Å². The quantitative estimate of drug-likeness (QED) is 0.687. The minimum absolute atomic E-state index is 0.0462. The molecule has 1 aliphatic heterocycles. The van der Waals surface area contributed by atoms with E-state index in [1.165, 1.54) is 24.3 Å². The van der Waals surface area contributed by atoms with Crippen LogP contribution in [-0.4, -0.2) is 15.0 Å². The van der Waals surface area contributed by atoms with Crippen LogP contribution in [0.4, 0.5) is 8.78 Å². The van der Waals surface area contributed by atoms with Crippen LogP contribution in [0, 0.1) is 23.5 Å². The summed E-state index contributed by atoms with van der Waals surface area (Å²) in [6.07, 6.45) is 1.40. The van der Waals surface area contributed by atoms with Gasteiger partial charge in [-0.2, -0.15) is 0 Å². The van der Waals surface area contributed by atoms with Gasteiger partial charge in [0.2, 0.25) is 0 Å². The van der Waals surface area contributed by atoms with Crippen molar-refractivity contribution < 1.29 is 21.9 Å². The van der Waals surface area contributed by atoms with Gasteiger partial charge in [-0.25, -0.2) is 17.2 Å². The molecule has 0 saturated heterocycles. The van der Waals surface area contributed by atoms with Crippen LogP contribution in [0.25, 0.3) is 0 Å². The van der Waals surface area contributed by atoms with Crippen LogP contribution in [0.1, 0.15) is 31.7 Å². The van der Waals surface area contributed by atoms with E-state index in [0.29, 0.717) is 17.9 Å². The van der Waals surface area contributed by atoms with Gasteiger partial charge in [-0.1, -0.05) is 18.5 Å². The van der Waals surface area contributed by atoms with Crippen LogP contribution >= 0.6 is 11.6 Å². The molecule has 3 atom stereocenters. The molecule has 2 aliphatic rings. The van der Waals surface area contributed by atoms with E-state index in [0.717, 1.165) is 12.1 Å². The molecular formula is C20H19ClF2O3S.